The van der Waals surface area contributed by atoms with Crippen LogP contribution in [0.3, 0.4) is 0 Å². The monoisotopic (exact) mass is 266 g/mol. The normalized spacial score (nSPS) is 11.1. The third kappa shape index (κ3) is 2.62. The number of carbonyl (C=O) groups excluding carboxylic acids is 1. The maximum Gasteiger partial charge on any atom is 0.259 e. The first-order valence-electron chi connectivity index (χ1n) is 6.23. The highest BCUT2D eigenvalue weighted by molar-refractivity contribution is 6.04. The number of ether oxygens (including phenoxy) is 1. The summed E-state index contributed by atoms with van der Waals surface area (Å²) in [7, 11) is 0. The van der Waals surface area contributed by atoms with Crippen molar-refractivity contribution < 1.29 is 9.53 Å². The summed E-state index contributed by atoms with van der Waals surface area (Å²) in [4.78, 5) is 11.2. The van der Waals surface area contributed by atoms with Crippen LogP contribution >= 0.6 is 0 Å². The third-order valence-corrected chi connectivity index (χ3v) is 2.91. The van der Waals surface area contributed by atoms with Gasteiger partial charge in [0.2, 0.25) is 0 Å². The molecule has 2 aromatic carbocycles. The molecule has 0 aliphatic carbocycles. The van der Waals surface area contributed by atoms with E-state index in [9.17, 15) is 4.79 Å². The first-order chi connectivity index (χ1) is 9.67. The minimum Gasteiger partial charge on any atom is -0.493 e. The highest BCUT2D eigenvalue weighted by Gasteiger charge is 2.10. The molecule has 0 heterocycles. The third-order valence-electron chi connectivity index (χ3n) is 2.91. The summed E-state index contributed by atoms with van der Waals surface area (Å²) in [6.45, 7) is 2.37. The van der Waals surface area contributed by atoms with Crippen LogP contribution in [-0.4, -0.2) is 12.5 Å². The molecule has 0 aliphatic rings. The predicted molar refractivity (Wildman–Crippen MR) is 77.9 cm³/mol. The van der Waals surface area contributed by atoms with Gasteiger partial charge < -0.3 is 10.5 Å². The highest BCUT2D eigenvalue weighted by Crippen LogP contribution is 2.30. The second-order valence-corrected chi connectivity index (χ2v) is 4.17. The second kappa shape index (κ2) is 5.89. The van der Waals surface area contributed by atoms with Gasteiger partial charge in [0.05, 0.1) is 6.61 Å². The molecule has 2 rings (SSSR count). The van der Waals surface area contributed by atoms with E-state index >= 15 is 0 Å². The quantitative estimate of drug-likeness (QED) is 0.682. The molecule has 0 spiro atoms. The molecule has 0 bridgehead atoms. The molecule has 0 radical (unpaired) electrons. The first-order valence-corrected chi connectivity index (χ1v) is 6.23. The van der Waals surface area contributed by atoms with Crippen molar-refractivity contribution in [2.45, 2.75) is 6.92 Å². The molecular formula is C16H14N2O2. The smallest absolute Gasteiger partial charge is 0.259 e. The van der Waals surface area contributed by atoms with E-state index in [0.29, 0.717) is 17.9 Å². The summed E-state index contributed by atoms with van der Waals surface area (Å²) in [5, 5.41) is 10.9. The van der Waals surface area contributed by atoms with Gasteiger partial charge in [-0.2, -0.15) is 5.26 Å². The van der Waals surface area contributed by atoms with Gasteiger partial charge in [0, 0.05) is 5.56 Å². The molecule has 0 fully saturated rings. The van der Waals surface area contributed by atoms with E-state index in [4.69, 9.17) is 15.7 Å². The number of fused-ring (bicyclic) bond motifs is 1. The van der Waals surface area contributed by atoms with Crippen LogP contribution < -0.4 is 10.5 Å². The lowest BCUT2D eigenvalue weighted by molar-refractivity contribution is -0.114. The van der Waals surface area contributed by atoms with Crippen molar-refractivity contribution >= 4 is 22.8 Å². The Morgan fingerprint density at radius 3 is 2.75 bits per heavy atom. The zero-order chi connectivity index (χ0) is 14.5. The number of nitriles is 1. The van der Waals surface area contributed by atoms with Crippen LogP contribution in [-0.2, 0) is 4.79 Å². The molecule has 0 saturated heterocycles. The minimum atomic E-state index is -0.747. The van der Waals surface area contributed by atoms with Crippen LogP contribution in [0.1, 0.15) is 12.5 Å². The lowest BCUT2D eigenvalue weighted by atomic mass is 10.0. The topological polar surface area (TPSA) is 76.1 Å². The Hall–Kier alpha value is -2.80. The van der Waals surface area contributed by atoms with E-state index in [2.05, 4.69) is 0 Å². The Morgan fingerprint density at radius 1 is 1.35 bits per heavy atom. The molecule has 2 N–H and O–H groups in total. The van der Waals surface area contributed by atoms with E-state index in [-0.39, 0.29) is 5.57 Å². The van der Waals surface area contributed by atoms with E-state index in [1.807, 2.05) is 49.4 Å². The summed E-state index contributed by atoms with van der Waals surface area (Å²) in [5.74, 6) is -0.122. The number of rotatable bonds is 4. The fourth-order valence-corrected chi connectivity index (χ4v) is 2.01. The fraction of sp³-hybridized carbons (Fsp3) is 0.125. The molecule has 2 aromatic rings. The average molecular weight is 266 g/mol. The van der Waals surface area contributed by atoms with E-state index in [1.165, 1.54) is 6.08 Å². The van der Waals surface area contributed by atoms with Gasteiger partial charge in [-0.25, -0.2) is 0 Å². The Kier molecular flexibility index (Phi) is 4.02. The van der Waals surface area contributed by atoms with Gasteiger partial charge >= 0.3 is 0 Å². The molecule has 0 aliphatic heterocycles. The van der Waals surface area contributed by atoms with Gasteiger partial charge in [-0.15, -0.1) is 0 Å². The van der Waals surface area contributed by atoms with E-state index in [1.54, 1.807) is 0 Å². The molecule has 0 saturated carbocycles. The number of hydrogen-bond acceptors (Lipinski definition) is 3. The maximum atomic E-state index is 11.2. The number of nitrogens with two attached hydrogens (primary N) is 1. The fourth-order valence-electron chi connectivity index (χ4n) is 2.01. The Balaban J connectivity index is 2.73. The summed E-state index contributed by atoms with van der Waals surface area (Å²) in [6, 6.07) is 13.3. The molecule has 4 heteroatoms. The van der Waals surface area contributed by atoms with Gasteiger partial charge in [0.25, 0.3) is 5.91 Å². The molecule has 0 aromatic heterocycles. The van der Waals surface area contributed by atoms with Gasteiger partial charge in [-0.3, -0.25) is 4.79 Å². The van der Waals surface area contributed by atoms with E-state index < -0.39 is 5.91 Å². The van der Waals surface area contributed by atoms with Crippen LogP contribution in [0.15, 0.2) is 42.0 Å². The summed E-state index contributed by atoms with van der Waals surface area (Å²) >= 11 is 0. The van der Waals surface area contributed by atoms with Gasteiger partial charge in [-0.1, -0.05) is 30.3 Å². The molecular weight excluding hydrogens is 252 g/mol. The highest BCUT2D eigenvalue weighted by atomic mass is 16.5. The van der Waals surface area contributed by atoms with Crippen molar-refractivity contribution in [3.8, 4) is 11.8 Å². The second-order valence-electron chi connectivity index (χ2n) is 4.17. The van der Waals surface area contributed by atoms with Crippen LogP contribution in [0, 0.1) is 11.3 Å². The summed E-state index contributed by atoms with van der Waals surface area (Å²) < 4.78 is 5.56. The number of nitrogens with zero attached hydrogens (tertiary/aromatic N) is 1. The SMILES string of the molecule is CCOc1ccc2ccccc2c1C=C(C#N)C(N)=O. The van der Waals surface area contributed by atoms with Crippen molar-refractivity contribution in [1.82, 2.24) is 0 Å². The first kappa shape index (κ1) is 13.6. The zero-order valence-corrected chi connectivity index (χ0v) is 11.1. The predicted octanol–water partition coefficient (Wildman–Crippen LogP) is 2.63. The number of benzene rings is 2. The van der Waals surface area contributed by atoms with Crippen molar-refractivity contribution in [1.29, 1.82) is 5.26 Å². The summed E-state index contributed by atoms with van der Waals surface area (Å²) in [6.07, 6.45) is 1.48. The number of amides is 1. The van der Waals surface area contributed by atoms with Crippen LogP contribution in [0.5, 0.6) is 5.75 Å². The summed E-state index contributed by atoms with van der Waals surface area (Å²) in [5.41, 5.74) is 5.79. The van der Waals surface area contributed by atoms with Crippen molar-refractivity contribution in [3.63, 3.8) is 0 Å². The Bertz CT molecular complexity index is 727. The van der Waals surface area contributed by atoms with Gasteiger partial charge in [0.1, 0.15) is 17.4 Å². The lowest BCUT2D eigenvalue weighted by Gasteiger charge is -2.10. The standard InChI is InChI=1S/C16H14N2O2/c1-2-20-15-8-7-11-5-3-4-6-13(11)14(15)9-12(10-17)16(18)19/h3-9H,2H2,1H3,(H2,18,19). The number of carbonyl (C=O) groups is 1. The van der Waals surface area contributed by atoms with Crippen LogP contribution in [0.25, 0.3) is 16.8 Å². The molecule has 1 amide bonds. The van der Waals surface area contributed by atoms with Gasteiger partial charge in [-0.05, 0) is 29.8 Å². The van der Waals surface area contributed by atoms with Crippen molar-refractivity contribution in [3.05, 3.63) is 47.5 Å². The average Bonchev–Trinajstić information content (AvgIpc) is 2.46. The Morgan fingerprint density at radius 2 is 2.10 bits per heavy atom. The minimum absolute atomic E-state index is 0.0951. The van der Waals surface area contributed by atoms with Crippen LogP contribution in [0.2, 0.25) is 0 Å². The maximum absolute atomic E-state index is 11.2. The van der Waals surface area contributed by atoms with Crippen LogP contribution in [0.4, 0.5) is 0 Å². The molecule has 4 nitrogen and oxygen atoms in total. The van der Waals surface area contributed by atoms with Gasteiger partial charge in [0.15, 0.2) is 0 Å². The molecule has 0 atom stereocenters. The number of hydrogen-bond donors (Lipinski definition) is 1. The molecule has 0 unspecified atom stereocenters. The molecule has 20 heavy (non-hydrogen) atoms. The van der Waals surface area contributed by atoms with E-state index in [0.717, 1.165) is 10.8 Å². The largest absolute Gasteiger partial charge is 0.493 e. The van der Waals surface area contributed by atoms with Crippen molar-refractivity contribution in [2.24, 2.45) is 5.73 Å². The molecule has 100 valence electrons. The lowest BCUT2D eigenvalue weighted by Crippen LogP contribution is -2.12. The Labute approximate surface area is 117 Å². The number of primary amides is 1. The zero-order valence-electron chi connectivity index (χ0n) is 11.1. The van der Waals surface area contributed by atoms with Crippen molar-refractivity contribution in [2.75, 3.05) is 6.61 Å².